The lowest BCUT2D eigenvalue weighted by Gasteiger charge is -2.15. The Morgan fingerprint density at radius 3 is 1.43 bits per heavy atom. The molecular weight excluding hydrogens is 102 g/mol. The first-order valence-electron chi connectivity index (χ1n) is 2.57. The van der Waals surface area contributed by atoms with Gasteiger partial charge in [0.2, 0.25) is 0 Å². The predicted molar refractivity (Wildman–Crippen MR) is 39.7 cm³/mol. The van der Waals surface area contributed by atoms with E-state index in [9.17, 15) is 0 Å². The van der Waals surface area contributed by atoms with Gasteiger partial charge >= 0.3 is 7.57 Å². The summed E-state index contributed by atoms with van der Waals surface area (Å²) in [7, 11) is 4.80. The van der Waals surface area contributed by atoms with Crippen molar-refractivity contribution in [2.75, 3.05) is 13.3 Å². The summed E-state index contributed by atoms with van der Waals surface area (Å²) in [4.78, 5) is 0. The molecule has 0 saturated carbocycles. The van der Waals surface area contributed by atoms with Gasteiger partial charge in [-0.1, -0.05) is 0 Å². The maximum atomic E-state index is 5.79. The molecule has 7 heavy (non-hydrogen) atoms. The molecule has 0 fully saturated rings. The Balaban J connectivity index is 3.54. The van der Waals surface area contributed by atoms with Crippen LogP contribution in [0.3, 0.4) is 0 Å². The Morgan fingerprint density at radius 1 is 1.29 bits per heavy atom. The van der Waals surface area contributed by atoms with E-state index in [1.807, 2.05) is 0 Å². The van der Waals surface area contributed by atoms with Crippen molar-refractivity contribution < 1.29 is 0 Å². The lowest BCUT2D eigenvalue weighted by Crippen LogP contribution is -2.01. The predicted octanol–water partition coefficient (Wildman–Crippen LogP) is 1.76. The van der Waals surface area contributed by atoms with Gasteiger partial charge in [0.05, 0.1) is 0 Å². The summed E-state index contributed by atoms with van der Waals surface area (Å²) in [5.74, 6) is 0. The van der Waals surface area contributed by atoms with Gasteiger partial charge in [-0.2, -0.15) is 0 Å². The summed E-state index contributed by atoms with van der Waals surface area (Å²) in [5, 5.41) is 0. The molecule has 0 aromatic heterocycles. The third-order valence-electron chi connectivity index (χ3n) is 1.33. The maximum Gasteiger partial charge on any atom is 0.364 e. The van der Waals surface area contributed by atoms with Crippen LogP contribution in [0.15, 0.2) is 0 Å². The molecule has 0 heterocycles. The van der Waals surface area contributed by atoms with Gasteiger partial charge in [0.1, 0.15) is 0 Å². The van der Waals surface area contributed by atoms with Crippen molar-refractivity contribution in [3.8, 4) is 0 Å². The zero-order valence-electron chi connectivity index (χ0n) is 5.60. The second-order valence-corrected chi connectivity index (χ2v) is 7.01. The molecular formula is C5H13BP+. The summed E-state index contributed by atoms with van der Waals surface area (Å²) in [5.41, 5.74) is 0.687. The third-order valence-corrected chi connectivity index (χ3v) is 3.99. The minimum atomic E-state index is -0.988. The molecule has 0 aromatic carbocycles. The molecule has 0 aliphatic carbocycles. The van der Waals surface area contributed by atoms with Gasteiger partial charge in [0, 0.05) is 19.0 Å². The molecule has 0 rings (SSSR count). The van der Waals surface area contributed by atoms with E-state index in [2.05, 4.69) is 27.2 Å². The van der Waals surface area contributed by atoms with Crippen LogP contribution >= 0.6 is 7.14 Å². The second-order valence-electron chi connectivity index (χ2n) is 2.72. The number of hydrogen-bond donors (Lipinski definition) is 0. The Kier molecular flexibility index (Phi) is 2.33. The van der Waals surface area contributed by atoms with Crippen LogP contribution in [0.4, 0.5) is 0 Å². The van der Waals surface area contributed by atoms with Crippen molar-refractivity contribution in [3.05, 3.63) is 0 Å². The van der Waals surface area contributed by atoms with Crippen molar-refractivity contribution in [2.45, 2.75) is 19.5 Å². The van der Waals surface area contributed by atoms with Crippen molar-refractivity contribution in [3.63, 3.8) is 0 Å². The molecule has 0 N–H and O–H groups in total. The van der Waals surface area contributed by atoms with E-state index >= 15 is 0 Å². The molecule has 0 amide bonds. The van der Waals surface area contributed by atoms with Crippen molar-refractivity contribution in [1.82, 2.24) is 0 Å². The largest absolute Gasteiger partial charge is 0.364 e. The van der Waals surface area contributed by atoms with Crippen LogP contribution in [-0.4, -0.2) is 26.6 Å². The molecule has 0 spiro atoms. The van der Waals surface area contributed by atoms with Crippen LogP contribution in [-0.2, 0) is 0 Å². The van der Waals surface area contributed by atoms with Crippen LogP contribution in [0, 0.1) is 0 Å². The van der Waals surface area contributed by atoms with Crippen molar-refractivity contribution in [2.24, 2.45) is 0 Å². The molecule has 2 radical (unpaired) electrons. The van der Waals surface area contributed by atoms with Gasteiger partial charge in [-0.3, -0.25) is 0 Å². The first-order valence-corrected chi connectivity index (χ1v) is 5.39. The number of hydrogen-bond acceptors (Lipinski definition) is 0. The van der Waals surface area contributed by atoms with E-state index in [-0.39, 0.29) is 0 Å². The standard InChI is InChI=1S/C5H13BP/c1-5(2)7(3,4)6/h5H,1-4H3/q+1. The van der Waals surface area contributed by atoms with Crippen LogP contribution in [0.2, 0.25) is 0 Å². The average Bonchev–Trinajstić information content (AvgIpc) is 1.31. The SMILES string of the molecule is [B][P+](C)(C)C(C)C. The highest BCUT2D eigenvalue weighted by Gasteiger charge is 2.21. The third kappa shape index (κ3) is 3.11. The first kappa shape index (κ1) is 7.49. The summed E-state index contributed by atoms with van der Waals surface area (Å²) >= 11 is 0. The Labute approximate surface area is 48.4 Å². The second kappa shape index (κ2) is 2.18. The maximum absolute atomic E-state index is 5.79. The molecule has 0 unspecified atom stereocenters. The summed E-state index contributed by atoms with van der Waals surface area (Å²) in [6, 6.07) is 0. The van der Waals surface area contributed by atoms with Gasteiger partial charge in [-0.05, 0) is 21.0 Å². The van der Waals surface area contributed by atoms with Gasteiger partial charge in [-0.15, -0.1) is 0 Å². The van der Waals surface area contributed by atoms with E-state index in [0.29, 0.717) is 5.66 Å². The molecule has 0 atom stereocenters. The van der Waals surface area contributed by atoms with Gasteiger partial charge in [0.15, 0.2) is 0 Å². The molecule has 0 aliphatic heterocycles. The fourth-order valence-electron chi connectivity index (χ4n) is 0. The molecule has 0 nitrogen and oxygen atoms in total. The topological polar surface area (TPSA) is 0 Å². The first-order chi connectivity index (χ1) is 2.94. The smallest absolute Gasteiger partial charge is 0.0437 e. The summed E-state index contributed by atoms with van der Waals surface area (Å²) in [6.45, 7) is 8.65. The van der Waals surface area contributed by atoms with E-state index < -0.39 is 7.14 Å². The highest BCUT2D eigenvalue weighted by Crippen LogP contribution is 2.49. The lowest BCUT2D eigenvalue weighted by molar-refractivity contribution is 1.09. The normalized spacial score (nSPS) is 12.7. The van der Waals surface area contributed by atoms with E-state index in [1.54, 1.807) is 0 Å². The van der Waals surface area contributed by atoms with Crippen LogP contribution in [0.25, 0.3) is 0 Å². The van der Waals surface area contributed by atoms with Gasteiger partial charge in [0.25, 0.3) is 0 Å². The minimum Gasteiger partial charge on any atom is -0.0437 e. The quantitative estimate of drug-likeness (QED) is 0.360. The summed E-state index contributed by atoms with van der Waals surface area (Å²) in [6.07, 6.45) is 0. The van der Waals surface area contributed by atoms with Gasteiger partial charge in [-0.25, -0.2) is 0 Å². The van der Waals surface area contributed by atoms with Crippen LogP contribution in [0.5, 0.6) is 0 Å². The number of rotatable bonds is 1. The van der Waals surface area contributed by atoms with Crippen molar-refractivity contribution in [1.29, 1.82) is 0 Å². The fourth-order valence-corrected chi connectivity index (χ4v) is 0. The van der Waals surface area contributed by atoms with E-state index in [4.69, 9.17) is 7.57 Å². The zero-order chi connectivity index (χ0) is 6.08. The lowest BCUT2D eigenvalue weighted by atomic mass is 10.6. The Morgan fingerprint density at radius 2 is 1.43 bits per heavy atom. The summed E-state index contributed by atoms with van der Waals surface area (Å²) < 4.78 is 0. The molecule has 0 bridgehead atoms. The Bertz CT molecular complexity index is 53.6. The van der Waals surface area contributed by atoms with Crippen LogP contribution < -0.4 is 0 Å². The zero-order valence-corrected chi connectivity index (χ0v) is 6.50. The highest BCUT2D eigenvalue weighted by molar-refractivity contribution is 7.96. The molecule has 0 aliphatic rings. The molecule has 0 aromatic rings. The van der Waals surface area contributed by atoms with Crippen molar-refractivity contribution >= 4 is 14.7 Å². The average molecular weight is 115 g/mol. The Hall–Kier alpha value is 0.495. The monoisotopic (exact) mass is 115 g/mol. The fraction of sp³-hybridized carbons (Fsp3) is 1.00. The van der Waals surface area contributed by atoms with E-state index in [0.717, 1.165) is 0 Å². The molecule has 40 valence electrons. The molecule has 0 saturated heterocycles. The molecule has 2 heteroatoms. The van der Waals surface area contributed by atoms with Crippen LogP contribution in [0.1, 0.15) is 13.8 Å². The van der Waals surface area contributed by atoms with Gasteiger partial charge < -0.3 is 0 Å². The minimum absolute atomic E-state index is 0.687. The van der Waals surface area contributed by atoms with E-state index in [1.165, 1.54) is 0 Å². The highest BCUT2D eigenvalue weighted by atomic mass is 31.2.